The predicted octanol–water partition coefficient (Wildman–Crippen LogP) is 3.22. The zero-order valence-electron chi connectivity index (χ0n) is 11.7. The maximum absolute atomic E-state index is 11.7. The molecule has 0 saturated heterocycles. The molecule has 21 heavy (non-hydrogen) atoms. The first-order chi connectivity index (χ1) is 10.3. The van der Waals surface area contributed by atoms with E-state index in [0.717, 1.165) is 11.3 Å². The highest BCUT2D eigenvalue weighted by Crippen LogP contribution is 2.18. The molecule has 2 N–H and O–H groups in total. The van der Waals surface area contributed by atoms with E-state index in [1.165, 1.54) is 5.56 Å². The van der Waals surface area contributed by atoms with Crippen LogP contribution in [0.4, 0.5) is 0 Å². The zero-order chi connectivity index (χ0) is 14.9. The Labute approximate surface area is 133 Å². The number of thioether (sulfide) groups is 1. The largest absolute Gasteiger partial charge is 0.388 e. The van der Waals surface area contributed by atoms with Crippen LogP contribution in [0.1, 0.15) is 23.7 Å². The van der Waals surface area contributed by atoms with Gasteiger partial charge in [0.05, 0.1) is 11.9 Å². The molecule has 1 aromatic carbocycles. The zero-order valence-corrected chi connectivity index (χ0v) is 13.3. The van der Waals surface area contributed by atoms with Crippen molar-refractivity contribution in [2.24, 2.45) is 0 Å². The molecule has 1 amide bonds. The van der Waals surface area contributed by atoms with Crippen LogP contribution >= 0.6 is 23.1 Å². The van der Waals surface area contributed by atoms with Gasteiger partial charge in [0, 0.05) is 12.3 Å². The lowest BCUT2D eigenvalue weighted by Gasteiger charge is -2.10. The first kappa shape index (κ1) is 16.1. The van der Waals surface area contributed by atoms with Crippen LogP contribution in [0.15, 0.2) is 47.2 Å². The Hall–Kier alpha value is -1.30. The van der Waals surface area contributed by atoms with Crippen LogP contribution in [-0.2, 0) is 10.5 Å². The molecule has 0 aliphatic heterocycles. The summed E-state index contributed by atoms with van der Waals surface area (Å²) in [6, 6.07) is 12.0. The quantitative estimate of drug-likeness (QED) is 0.785. The van der Waals surface area contributed by atoms with Gasteiger partial charge in [-0.2, -0.15) is 11.3 Å². The molecule has 0 aliphatic carbocycles. The fourth-order valence-electron chi connectivity index (χ4n) is 1.87. The van der Waals surface area contributed by atoms with Gasteiger partial charge in [0.15, 0.2) is 0 Å². The van der Waals surface area contributed by atoms with Gasteiger partial charge in [0.1, 0.15) is 0 Å². The van der Waals surface area contributed by atoms with Crippen LogP contribution in [-0.4, -0.2) is 23.3 Å². The number of hydrogen-bond donors (Lipinski definition) is 2. The molecular weight excluding hydrogens is 302 g/mol. The molecule has 5 heteroatoms. The van der Waals surface area contributed by atoms with Gasteiger partial charge in [-0.1, -0.05) is 30.3 Å². The summed E-state index contributed by atoms with van der Waals surface area (Å²) in [5.74, 6) is 1.31. The molecule has 1 heterocycles. The minimum atomic E-state index is -0.492. The van der Waals surface area contributed by atoms with Crippen molar-refractivity contribution in [3.63, 3.8) is 0 Å². The average molecular weight is 321 g/mol. The van der Waals surface area contributed by atoms with Gasteiger partial charge in [0.25, 0.3) is 0 Å². The van der Waals surface area contributed by atoms with Crippen LogP contribution in [0, 0.1) is 0 Å². The first-order valence-electron chi connectivity index (χ1n) is 6.84. The molecular formula is C16H19NO2S2. The molecule has 0 spiro atoms. The Morgan fingerprint density at radius 3 is 2.81 bits per heavy atom. The van der Waals surface area contributed by atoms with Crippen molar-refractivity contribution in [2.45, 2.75) is 18.3 Å². The van der Waals surface area contributed by atoms with Gasteiger partial charge in [-0.3, -0.25) is 4.79 Å². The van der Waals surface area contributed by atoms with Gasteiger partial charge in [-0.05, 0) is 34.4 Å². The standard InChI is InChI=1S/C16H19NO2S2/c18-15(14-7-9-20-11-14)6-8-17-16(19)12-21-10-13-4-2-1-3-5-13/h1-5,7,9,11,15,18H,6,8,10,12H2,(H,17,19). The van der Waals surface area contributed by atoms with Gasteiger partial charge < -0.3 is 10.4 Å². The van der Waals surface area contributed by atoms with Crippen molar-refractivity contribution in [2.75, 3.05) is 12.3 Å². The fraction of sp³-hybridized carbons (Fsp3) is 0.312. The van der Waals surface area contributed by atoms with E-state index >= 15 is 0 Å². The van der Waals surface area contributed by atoms with Crippen LogP contribution in [0.5, 0.6) is 0 Å². The molecule has 1 aromatic heterocycles. The van der Waals surface area contributed by atoms with Crippen molar-refractivity contribution in [3.8, 4) is 0 Å². The summed E-state index contributed by atoms with van der Waals surface area (Å²) in [6.45, 7) is 0.502. The second-order valence-corrected chi connectivity index (χ2v) is 6.46. The monoisotopic (exact) mass is 321 g/mol. The maximum Gasteiger partial charge on any atom is 0.230 e. The minimum absolute atomic E-state index is 0.0217. The number of thiophene rings is 1. The number of hydrogen-bond acceptors (Lipinski definition) is 4. The Balaban J connectivity index is 1.57. The minimum Gasteiger partial charge on any atom is -0.388 e. The van der Waals surface area contributed by atoms with Gasteiger partial charge in [0.2, 0.25) is 5.91 Å². The third-order valence-electron chi connectivity index (χ3n) is 3.01. The van der Waals surface area contributed by atoms with Crippen molar-refractivity contribution in [1.29, 1.82) is 0 Å². The van der Waals surface area contributed by atoms with E-state index in [1.54, 1.807) is 23.1 Å². The molecule has 2 aromatic rings. The molecule has 2 rings (SSSR count). The van der Waals surface area contributed by atoms with E-state index in [1.807, 2.05) is 35.0 Å². The topological polar surface area (TPSA) is 49.3 Å². The summed E-state index contributed by atoms with van der Waals surface area (Å²) in [7, 11) is 0. The van der Waals surface area contributed by atoms with E-state index in [0.29, 0.717) is 18.7 Å². The average Bonchev–Trinajstić information content (AvgIpc) is 3.02. The van der Waals surface area contributed by atoms with Crippen molar-refractivity contribution < 1.29 is 9.90 Å². The Kier molecular flexibility index (Phi) is 6.79. The normalized spacial score (nSPS) is 12.0. The van der Waals surface area contributed by atoms with Crippen LogP contribution in [0.25, 0.3) is 0 Å². The van der Waals surface area contributed by atoms with Crippen molar-refractivity contribution in [3.05, 3.63) is 58.3 Å². The lowest BCUT2D eigenvalue weighted by Crippen LogP contribution is -2.27. The SMILES string of the molecule is O=C(CSCc1ccccc1)NCCC(O)c1ccsc1. The van der Waals surface area contributed by atoms with Crippen LogP contribution in [0.3, 0.4) is 0 Å². The molecule has 0 saturated carbocycles. The number of carbonyl (C=O) groups excluding carboxylic acids is 1. The number of aliphatic hydroxyl groups is 1. The van der Waals surface area contributed by atoms with Gasteiger partial charge >= 0.3 is 0 Å². The number of nitrogens with one attached hydrogen (secondary N) is 1. The number of amides is 1. The highest BCUT2D eigenvalue weighted by atomic mass is 32.2. The van der Waals surface area contributed by atoms with Gasteiger partial charge in [-0.25, -0.2) is 0 Å². The van der Waals surface area contributed by atoms with E-state index < -0.39 is 6.10 Å². The highest BCUT2D eigenvalue weighted by molar-refractivity contribution is 7.99. The number of rotatable bonds is 8. The van der Waals surface area contributed by atoms with Gasteiger partial charge in [-0.15, -0.1) is 11.8 Å². The van der Waals surface area contributed by atoms with Crippen molar-refractivity contribution >= 4 is 29.0 Å². The number of benzene rings is 1. The lowest BCUT2D eigenvalue weighted by molar-refractivity contribution is -0.118. The summed E-state index contributed by atoms with van der Waals surface area (Å²) in [5, 5.41) is 16.6. The molecule has 0 bridgehead atoms. The lowest BCUT2D eigenvalue weighted by atomic mass is 10.1. The number of aliphatic hydroxyl groups excluding tert-OH is 1. The van der Waals surface area contributed by atoms with E-state index in [2.05, 4.69) is 17.4 Å². The second kappa shape index (κ2) is 8.87. The van der Waals surface area contributed by atoms with Crippen LogP contribution in [0.2, 0.25) is 0 Å². The first-order valence-corrected chi connectivity index (χ1v) is 8.94. The summed E-state index contributed by atoms with van der Waals surface area (Å²) in [6.07, 6.45) is 0.0553. The summed E-state index contributed by atoms with van der Waals surface area (Å²) >= 11 is 3.16. The third-order valence-corrected chi connectivity index (χ3v) is 4.72. The molecule has 0 fully saturated rings. The van der Waals surface area contributed by atoms with Crippen molar-refractivity contribution in [1.82, 2.24) is 5.32 Å². The van der Waals surface area contributed by atoms with Crippen LogP contribution < -0.4 is 5.32 Å². The van der Waals surface area contributed by atoms with E-state index in [4.69, 9.17) is 0 Å². The Bertz CT molecular complexity index is 528. The molecule has 0 aliphatic rings. The maximum atomic E-state index is 11.7. The van der Waals surface area contributed by atoms with E-state index in [-0.39, 0.29) is 5.91 Å². The summed E-state index contributed by atoms with van der Waals surface area (Å²) < 4.78 is 0. The second-order valence-electron chi connectivity index (χ2n) is 4.69. The molecule has 1 unspecified atom stereocenters. The Morgan fingerprint density at radius 2 is 2.10 bits per heavy atom. The molecule has 3 nitrogen and oxygen atoms in total. The van der Waals surface area contributed by atoms with E-state index in [9.17, 15) is 9.90 Å². The molecule has 0 radical (unpaired) electrons. The molecule has 112 valence electrons. The summed E-state index contributed by atoms with van der Waals surface area (Å²) in [5.41, 5.74) is 2.15. The highest BCUT2D eigenvalue weighted by Gasteiger charge is 2.08. The third kappa shape index (κ3) is 5.91. The predicted molar refractivity (Wildman–Crippen MR) is 89.5 cm³/mol. The smallest absolute Gasteiger partial charge is 0.230 e. The Morgan fingerprint density at radius 1 is 1.29 bits per heavy atom. The number of carbonyl (C=O) groups is 1. The molecule has 1 atom stereocenters. The fourth-order valence-corrected chi connectivity index (χ4v) is 3.39. The summed E-state index contributed by atoms with van der Waals surface area (Å²) in [4.78, 5) is 11.7.